The minimum atomic E-state index is -0.452. The van der Waals surface area contributed by atoms with Gasteiger partial charge in [0.1, 0.15) is 6.61 Å². The highest BCUT2D eigenvalue weighted by molar-refractivity contribution is 7.21. The molecule has 136 valence electrons. The molecule has 0 saturated carbocycles. The molecular weight excluding hydrogens is 362 g/mol. The van der Waals surface area contributed by atoms with Gasteiger partial charge in [-0.05, 0) is 34.7 Å². The molecule has 2 N–H and O–H groups in total. The molecule has 0 unspecified atom stereocenters. The van der Waals surface area contributed by atoms with Gasteiger partial charge in [-0.15, -0.1) is 11.3 Å². The van der Waals surface area contributed by atoms with Crippen molar-refractivity contribution < 1.29 is 14.3 Å². The minimum Gasteiger partial charge on any atom is -0.426 e. The molecule has 0 atom stereocenters. The number of primary amides is 1. The second-order valence-electron chi connectivity index (χ2n) is 5.95. The fourth-order valence-electron chi connectivity index (χ4n) is 2.78. The molecule has 7 heteroatoms. The summed E-state index contributed by atoms with van der Waals surface area (Å²) in [4.78, 5) is 26.1. The van der Waals surface area contributed by atoms with E-state index in [1.165, 1.54) is 16.2 Å². The highest BCUT2D eigenvalue weighted by Gasteiger charge is 2.15. The number of amides is 2. The SMILES string of the molecule is CN(CCOC#N)C(=O)c1cccc(-c2cccc3cc(C(N)=O)sc23)c1. The van der Waals surface area contributed by atoms with Crippen molar-refractivity contribution in [2.45, 2.75) is 0 Å². The Balaban J connectivity index is 1.94. The van der Waals surface area contributed by atoms with Crippen LogP contribution in [0.4, 0.5) is 0 Å². The van der Waals surface area contributed by atoms with E-state index in [0.29, 0.717) is 17.0 Å². The molecule has 0 fully saturated rings. The number of benzene rings is 2. The number of carbonyl (C=O) groups excluding carboxylic acids is 2. The number of likely N-dealkylation sites (N-methyl/N-ethyl adjacent to an activating group) is 1. The lowest BCUT2D eigenvalue weighted by Crippen LogP contribution is -2.29. The molecule has 2 amide bonds. The second-order valence-corrected chi connectivity index (χ2v) is 7.00. The number of nitriles is 1. The number of hydrogen-bond donors (Lipinski definition) is 1. The summed E-state index contributed by atoms with van der Waals surface area (Å²) in [5, 5.41) is 9.35. The van der Waals surface area contributed by atoms with Crippen LogP contribution in [0, 0.1) is 11.5 Å². The van der Waals surface area contributed by atoms with Crippen LogP contribution in [-0.4, -0.2) is 36.9 Å². The molecule has 1 aromatic heterocycles. The minimum absolute atomic E-state index is 0.156. The molecule has 0 aliphatic carbocycles. The first-order chi connectivity index (χ1) is 13.0. The van der Waals surface area contributed by atoms with Gasteiger partial charge in [0.15, 0.2) is 0 Å². The Morgan fingerprint density at radius 2 is 2.00 bits per heavy atom. The largest absolute Gasteiger partial charge is 0.426 e. The van der Waals surface area contributed by atoms with Gasteiger partial charge in [-0.3, -0.25) is 9.59 Å². The van der Waals surface area contributed by atoms with Crippen molar-refractivity contribution in [1.29, 1.82) is 5.26 Å². The molecule has 0 radical (unpaired) electrons. The number of nitrogens with two attached hydrogens (primary N) is 1. The Morgan fingerprint density at radius 1 is 1.22 bits per heavy atom. The number of hydrogen-bond acceptors (Lipinski definition) is 5. The lowest BCUT2D eigenvalue weighted by atomic mass is 10.0. The van der Waals surface area contributed by atoms with E-state index in [1.54, 1.807) is 25.4 Å². The third kappa shape index (κ3) is 3.91. The zero-order valence-electron chi connectivity index (χ0n) is 14.6. The van der Waals surface area contributed by atoms with Gasteiger partial charge < -0.3 is 15.4 Å². The average Bonchev–Trinajstić information content (AvgIpc) is 3.12. The molecule has 6 nitrogen and oxygen atoms in total. The maximum Gasteiger partial charge on any atom is 0.286 e. The van der Waals surface area contributed by atoms with Crippen LogP contribution in [0.1, 0.15) is 20.0 Å². The summed E-state index contributed by atoms with van der Waals surface area (Å²) < 4.78 is 5.58. The summed E-state index contributed by atoms with van der Waals surface area (Å²) in [5.41, 5.74) is 7.76. The lowest BCUT2D eigenvalue weighted by Gasteiger charge is -2.16. The first kappa shape index (κ1) is 18.4. The maximum absolute atomic E-state index is 12.6. The number of nitrogens with zero attached hydrogens (tertiary/aromatic N) is 2. The average molecular weight is 379 g/mol. The molecule has 1 heterocycles. The van der Waals surface area contributed by atoms with Gasteiger partial charge in [0.25, 0.3) is 18.1 Å². The van der Waals surface area contributed by atoms with E-state index in [1.807, 2.05) is 36.4 Å². The second kappa shape index (κ2) is 7.89. The molecular formula is C20H17N3O3S. The first-order valence-electron chi connectivity index (χ1n) is 8.20. The van der Waals surface area contributed by atoms with Crippen LogP contribution < -0.4 is 5.73 Å². The van der Waals surface area contributed by atoms with Crippen molar-refractivity contribution in [3.63, 3.8) is 0 Å². The van der Waals surface area contributed by atoms with Gasteiger partial charge in [0.2, 0.25) is 0 Å². The zero-order valence-corrected chi connectivity index (χ0v) is 15.5. The van der Waals surface area contributed by atoms with Gasteiger partial charge in [0.05, 0.1) is 11.4 Å². The van der Waals surface area contributed by atoms with Gasteiger partial charge in [-0.2, -0.15) is 5.26 Å². The Morgan fingerprint density at radius 3 is 2.74 bits per heavy atom. The van der Waals surface area contributed by atoms with Crippen LogP contribution >= 0.6 is 11.3 Å². The molecule has 0 saturated heterocycles. The van der Waals surface area contributed by atoms with Gasteiger partial charge in [0, 0.05) is 17.3 Å². The fourth-order valence-corrected chi connectivity index (χ4v) is 3.83. The van der Waals surface area contributed by atoms with Crippen molar-refractivity contribution in [3.8, 4) is 17.4 Å². The normalized spacial score (nSPS) is 10.4. The van der Waals surface area contributed by atoms with Gasteiger partial charge in [-0.25, -0.2) is 0 Å². The summed E-state index contributed by atoms with van der Waals surface area (Å²) in [6.45, 7) is 0.474. The summed E-state index contributed by atoms with van der Waals surface area (Å²) in [5.74, 6) is -0.609. The number of thiophene rings is 1. The molecule has 0 aliphatic rings. The van der Waals surface area contributed by atoms with E-state index in [-0.39, 0.29) is 12.5 Å². The van der Waals surface area contributed by atoms with Crippen LogP contribution in [0.25, 0.3) is 21.2 Å². The topological polar surface area (TPSA) is 96.4 Å². The van der Waals surface area contributed by atoms with Crippen LogP contribution in [0.3, 0.4) is 0 Å². The number of fused-ring (bicyclic) bond motifs is 1. The smallest absolute Gasteiger partial charge is 0.286 e. The molecule has 0 aliphatic heterocycles. The molecule has 3 rings (SSSR count). The van der Waals surface area contributed by atoms with Crippen molar-refractivity contribution in [2.75, 3.05) is 20.2 Å². The van der Waals surface area contributed by atoms with Crippen LogP contribution in [-0.2, 0) is 4.74 Å². The van der Waals surface area contributed by atoms with E-state index < -0.39 is 5.91 Å². The summed E-state index contributed by atoms with van der Waals surface area (Å²) in [6, 6.07) is 14.9. The summed E-state index contributed by atoms with van der Waals surface area (Å²) >= 11 is 1.34. The zero-order chi connectivity index (χ0) is 19.4. The number of carbonyl (C=O) groups is 2. The number of rotatable bonds is 6. The highest BCUT2D eigenvalue weighted by atomic mass is 32.1. The fraction of sp³-hybridized carbons (Fsp3) is 0.150. The van der Waals surface area contributed by atoms with Crippen LogP contribution in [0.5, 0.6) is 0 Å². The summed E-state index contributed by atoms with van der Waals surface area (Å²) in [7, 11) is 1.66. The predicted octanol–water partition coefficient (Wildman–Crippen LogP) is 3.24. The lowest BCUT2D eigenvalue weighted by molar-refractivity contribution is 0.0765. The first-order valence-corrected chi connectivity index (χ1v) is 9.02. The van der Waals surface area contributed by atoms with Crippen molar-refractivity contribution in [3.05, 3.63) is 59.0 Å². The van der Waals surface area contributed by atoms with E-state index in [2.05, 4.69) is 4.74 Å². The van der Waals surface area contributed by atoms with Crippen molar-refractivity contribution in [1.82, 2.24) is 4.90 Å². The molecule has 0 bridgehead atoms. The van der Waals surface area contributed by atoms with Crippen molar-refractivity contribution in [2.24, 2.45) is 5.73 Å². The highest BCUT2D eigenvalue weighted by Crippen LogP contribution is 2.35. The van der Waals surface area contributed by atoms with E-state index in [0.717, 1.165) is 21.2 Å². The van der Waals surface area contributed by atoms with E-state index in [9.17, 15) is 9.59 Å². The van der Waals surface area contributed by atoms with Crippen LogP contribution in [0.15, 0.2) is 48.5 Å². The number of ether oxygens (including phenoxy) is 1. The quantitative estimate of drug-likeness (QED) is 0.525. The predicted molar refractivity (Wildman–Crippen MR) is 104 cm³/mol. The third-order valence-corrected chi connectivity index (χ3v) is 5.35. The Kier molecular flexibility index (Phi) is 5.38. The molecule has 0 spiro atoms. The molecule has 3 aromatic rings. The maximum atomic E-state index is 12.6. The van der Waals surface area contributed by atoms with Gasteiger partial charge in [-0.1, -0.05) is 30.3 Å². The van der Waals surface area contributed by atoms with Crippen molar-refractivity contribution >= 4 is 33.2 Å². The van der Waals surface area contributed by atoms with E-state index in [4.69, 9.17) is 11.0 Å². The Hall–Kier alpha value is -3.37. The standard InChI is InChI=1S/C20H17N3O3S/c1-23(8-9-26-12-21)20(25)15-6-2-4-13(10-15)16-7-3-5-14-11-17(19(22)24)27-18(14)16/h2-7,10-11H,8-9H2,1H3,(H2,22,24). The Labute approximate surface area is 160 Å². The van der Waals surface area contributed by atoms with E-state index >= 15 is 0 Å². The third-order valence-electron chi connectivity index (χ3n) is 4.15. The Bertz CT molecular complexity index is 1050. The summed E-state index contributed by atoms with van der Waals surface area (Å²) in [6.07, 6.45) is 1.59. The monoisotopic (exact) mass is 379 g/mol. The molecule has 2 aromatic carbocycles. The molecule has 27 heavy (non-hydrogen) atoms. The van der Waals surface area contributed by atoms with Crippen LogP contribution in [0.2, 0.25) is 0 Å². The van der Waals surface area contributed by atoms with Gasteiger partial charge >= 0.3 is 0 Å².